The number of phenols is 1. The first-order chi connectivity index (χ1) is 7.24. The van der Waals surface area contributed by atoms with Crippen LogP contribution in [0.25, 0.3) is 0 Å². The van der Waals surface area contributed by atoms with Gasteiger partial charge >= 0.3 is 0 Å². The van der Waals surface area contributed by atoms with E-state index >= 15 is 0 Å². The number of hydrogen-bond acceptors (Lipinski definition) is 2. The van der Waals surface area contributed by atoms with Crippen molar-refractivity contribution in [2.45, 2.75) is 25.7 Å². The molecule has 1 aromatic rings. The van der Waals surface area contributed by atoms with Gasteiger partial charge in [-0.05, 0) is 30.5 Å². The maximum Gasteiger partial charge on any atom is 0.136 e. The first-order valence-electron chi connectivity index (χ1n) is 5.21. The maximum absolute atomic E-state index is 11.0. The predicted octanol–water partition coefficient (Wildman–Crippen LogP) is 2.61. The third kappa shape index (κ3) is 2.69. The number of benzene rings is 1. The van der Waals surface area contributed by atoms with E-state index in [-0.39, 0.29) is 0 Å². The van der Waals surface area contributed by atoms with E-state index in [1.165, 1.54) is 11.1 Å². The SMILES string of the molecule is O=C1CC=C(Cc2ccc(O)cc2)CC1. The second kappa shape index (κ2) is 4.30. The minimum absolute atomic E-state index is 0.298. The van der Waals surface area contributed by atoms with E-state index in [0.29, 0.717) is 24.4 Å². The lowest BCUT2D eigenvalue weighted by Gasteiger charge is -2.11. The van der Waals surface area contributed by atoms with Crippen LogP contribution in [-0.4, -0.2) is 10.9 Å². The molecular formula is C13H14O2. The van der Waals surface area contributed by atoms with E-state index in [0.717, 1.165) is 12.8 Å². The van der Waals surface area contributed by atoms with Crippen molar-refractivity contribution in [3.05, 3.63) is 41.5 Å². The molecule has 0 saturated heterocycles. The summed E-state index contributed by atoms with van der Waals surface area (Å²) in [5.41, 5.74) is 2.52. The Balaban J connectivity index is 2.03. The Kier molecular flexibility index (Phi) is 2.86. The Bertz CT molecular complexity index is 388. The van der Waals surface area contributed by atoms with Gasteiger partial charge in [0.1, 0.15) is 11.5 Å². The molecule has 0 atom stereocenters. The van der Waals surface area contributed by atoms with Crippen molar-refractivity contribution in [3.8, 4) is 5.75 Å². The van der Waals surface area contributed by atoms with Crippen molar-refractivity contribution in [3.63, 3.8) is 0 Å². The number of Topliss-reactive ketones (excluding diaryl/α,β-unsaturated/α-hetero) is 1. The van der Waals surface area contributed by atoms with Crippen molar-refractivity contribution in [1.82, 2.24) is 0 Å². The molecule has 0 radical (unpaired) electrons. The van der Waals surface area contributed by atoms with Gasteiger partial charge in [-0.3, -0.25) is 4.79 Å². The molecule has 0 saturated carbocycles. The molecule has 0 aliphatic heterocycles. The van der Waals surface area contributed by atoms with Crippen LogP contribution in [0.15, 0.2) is 35.9 Å². The number of hydrogen-bond donors (Lipinski definition) is 1. The van der Waals surface area contributed by atoms with E-state index in [9.17, 15) is 4.79 Å². The zero-order valence-electron chi connectivity index (χ0n) is 8.57. The van der Waals surface area contributed by atoms with Crippen LogP contribution in [0.2, 0.25) is 0 Å². The summed E-state index contributed by atoms with van der Waals surface area (Å²) in [4.78, 5) is 11.0. The molecule has 0 heterocycles. The number of rotatable bonds is 2. The summed E-state index contributed by atoms with van der Waals surface area (Å²) in [7, 11) is 0. The van der Waals surface area contributed by atoms with Crippen LogP contribution in [0, 0.1) is 0 Å². The van der Waals surface area contributed by atoms with Crippen molar-refractivity contribution in [2.75, 3.05) is 0 Å². The fraction of sp³-hybridized carbons (Fsp3) is 0.308. The monoisotopic (exact) mass is 202 g/mol. The Morgan fingerprint density at radius 1 is 1.13 bits per heavy atom. The molecule has 1 aliphatic carbocycles. The average molecular weight is 202 g/mol. The number of carbonyl (C=O) groups excluding carboxylic acids is 1. The Morgan fingerprint density at radius 2 is 1.87 bits per heavy atom. The van der Waals surface area contributed by atoms with Gasteiger partial charge in [0.2, 0.25) is 0 Å². The molecule has 0 bridgehead atoms. The highest BCUT2D eigenvalue weighted by atomic mass is 16.3. The highest BCUT2D eigenvalue weighted by Crippen LogP contribution is 2.20. The minimum Gasteiger partial charge on any atom is -0.508 e. The molecule has 0 spiro atoms. The second-order valence-electron chi connectivity index (χ2n) is 3.95. The summed E-state index contributed by atoms with van der Waals surface area (Å²) < 4.78 is 0. The van der Waals surface area contributed by atoms with Crippen molar-refractivity contribution >= 4 is 5.78 Å². The van der Waals surface area contributed by atoms with Gasteiger partial charge < -0.3 is 5.11 Å². The molecule has 0 amide bonds. The third-order valence-corrected chi connectivity index (χ3v) is 2.71. The molecule has 1 aromatic carbocycles. The van der Waals surface area contributed by atoms with Crippen molar-refractivity contribution < 1.29 is 9.90 Å². The van der Waals surface area contributed by atoms with E-state index in [2.05, 4.69) is 0 Å². The molecule has 78 valence electrons. The molecule has 0 fully saturated rings. The number of phenolic OH excluding ortho intramolecular Hbond substituents is 1. The fourth-order valence-corrected chi connectivity index (χ4v) is 1.80. The van der Waals surface area contributed by atoms with Gasteiger partial charge in [-0.25, -0.2) is 0 Å². The summed E-state index contributed by atoms with van der Waals surface area (Å²) in [6, 6.07) is 7.24. The van der Waals surface area contributed by atoms with E-state index in [1.807, 2.05) is 18.2 Å². The van der Waals surface area contributed by atoms with Crippen LogP contribution in [0.3, 0.4) is 0 Å². The van der Waals surface area contributed by atoms with Crippen molar-refractivity contribution in [1.29, 1.82) is 0 Å². The van der Waals surface area contributed by atoms with E-state index < -0.39 is 0 Å². The average Bonchev–Trinajstić information content (AvgIpc) is 2.25. The molecule has 2 nitrogen and oxygen atoms in total. The van der Waals surface area contributed by atoms with E-state index in [4.69, 9.17) is 5.11 Å². The topological polar surface area (TPSA) is 37.3 Å². The molecular weight excluding hydrogens is 188 g/mol. The first kappa shape index (κ1) is 9.97. The van der Waals surface area contributed by atoms with Crippen LogP contribution in [0.5, 0.6) is 5.75 Å². The summed E-state index contributed by atoms with van der Waals surface area (Å²) >= 11 is 0. The quantitative estimate of drug-likeness (QED) is 0.748. The number of allylic oxidation sites excluding steroid dienone is 2. The summed E-state index contributed by atoms with van der Waals surface area (Å²) in [6.45, 7) is 0. The molecule has 2 heteroatoms. The Hall–Kier alpha value is -1.57. The number of carbonyl (C=O) groups is 1. The van der Waals surface area contributed by atoms with Crippen LogP contribution in [0.1, 0.15) is 24.8 Å². The zero-order valence-corrected chi connectivity index (χ0v) is 8.57. The summed E-state index contributed by atoms with van der Waals surface area (Å²) in [5, 5.41) is 9.14. The Labute approximate surface area is 89.2 Å². The third-order valence-electron chi connectivity index (χ3n) is 2.71. The van der Waals surface area contributed by atoms with Gasteiger partial charge in [0.15, 0.2) is 0 Å². The maximum atomic E-state index is 11.0. The van der Waals surface area contributed by atoms with Crippen LogP contribution in [0.4, 0.5) is 0 Å². The van der Waals surface area contributed by atoms with Crippen LogP contribution >= 0.6 is 0 Å². The van der Waals surface area contributed by atoms with Gasteiger partial charge in [0.25, 0.3) is 0 Å². The van der Waals surface area contributed by atoms with Crippen LogP contribution < -0.4 is 0 Å². The van der Waals surface area contributed by atoms with Gasteiger partial charge in [-0.15, -0.1) is 0 Å². The number of aromatic hydroxyl groups is 1. The first-order valence-corrected chi connectivity index (χ1v) is 5.21. The second-order valence-corrected chi connectivity index (χ2v) is 3.95. The lowest BCUT2D eigenvalue weighted by Crippen LogP contribution is -2.05. The molecule has 1 aliphatic rings. The highest BCUT2D eigenvalue weighted by Gasteiger charge is 2.10. The zero-order chi connectivity index (χ0) is 10.7. The normalized spacial score (nSPS) is 16.3. The molecule has 15 heavy (non-hydrogen) atoms. The summed E-state index contributed by atoms with van der Waals surface area (Å²) in [5.74, 6) is 0.635. The fourth-order valence-electron chi connectivity index (χ4n) is 1.80. The smallest absolute Gasteiger partial charge is 0.136 e. The van der Waals surface area contributed by atoms with E-state index in [1.54, 1.807) is 12.1 Å². The lowest BCUT2D eigenvalue weighted by atomic mass is 9.93. The molecule has 2 rings (SSSR count). The van der Waals surface area contributed by atoms with Gasteiger partial charge in [0, 0.05) is 12.8 Å². The lowest BCUT2D eigenvalue weighted by molar-refractivity contribution is -0.118. The Morgan fingerprint density at radius 3 is 2.47 bits per heavy atom. The largest absolute Gasteiger partial charge is 0.508 e. The van der Waals surface area contributed by atoms with Crippen molar-refractivity contribution in [2.24, 2.45) is 0 Å². The molecule has 0 aromatic heterocycles. The van der Waals surface area contributed by atoms with Gasteiger partial charge in [0.05, 0.1) is 0 Å². The molecule has 0 unspecified atom stereocenters. The standard InChI is InChI=1S/C13H14O2/c14-12-5-1-10(2-6-12)9-11-3-7-13(15)8-4-11/h1-3,5-6,14H,4,7-9H2. The van der Waals surface area contributed by atoms with Crippen LogP contribution in [-0.2, 0) is 11.2 Å². The number of ketones is 1. The highest BCUT2D eigenvalue weighted by molar-refractivity contribution is 5.81. The summed E-state index contributed by atoms with van der Waals surface area (Å²) in [6.07, 6.45) is 5.10. The minimum atomic E-state index is 0.298. The predicted molar refractivity (Wildman–Crippen MR) is 58.8 cm³/mol. The van der Waals surface area contributed by atoms with Gasteiger partial charge in [-0.2, -0.15) is 0 Å². The molecule has 1 N–H and O–H groups in total. The van der Waals surface area contributed by atoms with Gasteiger partial charge in [-0.1, -0.05) is 23.8 Å².